The van der Waals surface area contributed by atoms with Crippen LogP contribution in [0.15, 0.2) is 30.3 Å². The molecule has 6 heteroatoms. The minimum Gasteiger partial charge on any atom is -0.478 e. The molecule has 0 aliphatic heterocycles. The van der Waals surface area contributed by atoms with Gasteiger partial charge in [0.15, 0.2) is 0 Å². The molecule has 0 unspecified atom stereocenters. The van der Waals surface area contributed by atoms with Crippen LogP contribution in [0.4, 0.5) is 17.5 Å². The summed E-state index contributed by atoms with van der Waals surface area (Å²) >= 11 is 0. The third-order valence-electron chi connectivity index (χ3n) is 2.65. The van der Waals surface area contributed by atoms with Gasteiger partial charge >= 0.3 is 5.97 Å². The van der Waals surface area contributed by atoms with Crippen LogP contribution in [0.1, 0.15) is 29.9 Å². The normalized spacial score (nSPS) is 10.5. The second-order valence-corrected chi connectivity index (χ2v) is 5.03. The number of aromatic carboxylic acids is 1. The van der Waals surface area contributed by atoms with Crippen LogP contribution in [0.2, 0.25) is 0 Å². The zero-order chi connectivity index (χ0) is 15.4. The van der Waals surface area contributed by atoms with Crippen LogP contribution in [0.25, 0.3) is 0 Å². The van der Waals surface area contributed by atoms with E-state index in [4.69, 9.17) is 5.11 Å². The smallest absolute Gasteiger partial charge is 0.335 e. The third-order valence-corrected chi connectivity index (χ3v) is 2.65. The Morgan fingerprint density at radius 3 is 2.67 bits per heavy atom. The second-order valence-electron chi connectivity index (χ2n) is 5.03. The summed E-state index contributed by atoms with van der Waals surface area (Å²) in [6, 6.07) is 8.63. The fourth-order valence-corrected chi connectivity index (χ4v) is 1.83. The number of carboxylic acid groups (broad SMARTS) is 1. The summed E-state index contributed by atoms with van der Waals surface area (Å²) in [7, 11) is 0. The van der Waals surface area contributed by atoms with Crippen molar-refractivity contribution in [2.75, 3.05) is 10.6 Å². The van der Waals surface area contributed by atoms with Gasteiger partial charge in [-0.2, -0.15) is 4.98 Å². The Bertz CT molecular complexity index is 656. The number of rotatable bonds is 5. The molecule has 1 heterocycles. The Balaban J connectivity index is 2.24. The van der Waals surface area contributed by atoms with Crippen LogP contribution >= 0.6 is 0 Å². The Morgan fingerprint density at radius 1 is 1.24 bits per heavy atom. The molecule has 0 fully saturated rings. The lowest BCUT2D eigenvalue weighted by molar-refractivity contribution is 0.0697. The van der Waals surface area contributed by atoms with Gasteiger partial charge in [-0.1, -0.05) is 6.07 Å². The van der Waals surface area contributed by atoms with Crippen molar-refractivity contribution in [2.24, 2.45) is 0 Å². The van der Waals surface area contributed by atoms with E-state index in [0.717, 1.165) is 5.69 Å². The van der Waals surface area contributed by atoms with Crippen molar-refractivity contribution in [1.82, 2.24) is 9.97 Å². The van der Waals surface area contributed by atoms with E-state index in [1.165, 1.54) is 0 Å². The fraction of sp³-hybridized carbons (Fsp3) is 0.267. The molecule has 0 saturated heterocycles. The zero-order valence-corrected chi connectivity index (χ0v) is 12.2. The van der Waals surface area contributed by atoms with Gasteiger partial charge in [-0.3, -0.25) is 0 Å². The van der Waals surface area contributed by atoms with Crippen molar-refractivity contribution in [2.45, 2.75) is 26.8 Å². The summed E-state index contributed by atoms with van der Waals surface area (Å²) < 4.78 is 0. The number of aryl methyl sites for hydroxylation is 1. The number of aromatic nitrogens is 2. The lowest BCUT2D eigenvalue weighted by Gasteiger charge is -2.12. The summed E-state index contributed by atoms with van der Waals surface area (Å²) in [6.07, 6.45) is 0. The number of nitrogens with zero attached hydrogens (tertiary/aromatic N) is 2. The zero-order valence-electron chi connectivity index (χ0n) is 12.2. The van der Waals surface area contributed by atoms with E-state index in [1.54, 1.807) is 30.3 Å². The molecule has 0 radical (unpaired) electrons. The number of carboxylic acids is 1. The van der Waals surface area contributed by atoms with E-state index in [-0.39, 0.29) is 11.6 Å². The molecule has 0 spiro atoms. The van der Waals surface area contributed by atoms with Gasteiger partial charge in [0, 0.05) is 23.5 Å². The Kier molecular flexibility index (Phi) is 4.37. The molecule has 6 nitrogen and oxygen atoms in total. The minimum atomic E-state index is -0.959. The molecule has 0 atom stereocenters. The predicted octanol–water partition coefficient (Wildman–Crippen LogP) is 3.05. The van der Waals surface area contributed by atoms with E-state index in [0.29, 0.717) is 17.5 Å². The highest BCUT2D eigenvalue weighted by Gasteiger charge is 2.06. The van der Waals surface area contributed by atoms with Gasteiger partial charge in [0.1, 0.15) is 5.82 Å². The third kappa shape index (κ3) is 4.17. The van der Waals surface area contributed by atoms with Gasteiger partial charge in [-0.05, 0) is 39.0 Å². The maximum Gasteiger partial charge on any atom is 0.335 e. The molecule has 0 aliphatic rings. The van der Waals surface area contributed by atoms with E-state index in [1.807, 2.05) is 20.8 Å². The SMILES string of the molecule is Cc1cc(Nc2cccc(C(=O)O)c2)nc(NC(C)C)n1. The minimum absolute atomic E-state index is 0.228. The number of hydrogen-bond donors (Lipinski definition) is 3. The molecule has 110 valence electrons. The van der Waals surface area contributed by atoms with Gasteiger partial charge in [-0.25, -0.2) is 9.78 Å². The first-order valence-corrected chi connectivity index (χ1v) is 6.66. The molecule has 0 bridgehead atoms. The van der Waals surface area contributed by atoms with Gasteiger partial charge in [0.2, 0.25) is 5.95 Å². The maximum absolute atomic E-state index is 11.0. The molecule has 1 aromatic carbocycles. The quantitative estimate of drug-likeness (QED) is 0.783. The highest BCUT2D eigenvalue weighted by Crippen LogP contribution is 2.18. The highest BCUT2D eigenvalue weighted by molar-refractivity contribution is 5.89. The summed E-state index contributed by atoms with van der Waals surface area (Å²) in [5.74, 6) is 0.203. The van der Waals surface area contributed by atoms with Crippen LogP contribution in [-0.4, -0.2) is 27.1 Å². The first kappa shape index (κ1) is 14.8. The predicted molar refractivity (Wildman–Crippen MR) is 82.2 cm³/mol. The number of benzene rings is 1. The van der Waals surface area contributed by atoms with Crippen LogP contribution in [0.5, 0.6) is 0 Å². The maximum atomic E-state index is 11.0. The van der Waals surface area contributed by atoms with Crippen molar-refractivity contribution in [1.29, 1.82) is 0 Å². The first-order chi connectivity index (χ1) is 9.94. The average Bonchev–Trinajstić information content (AvgIpc) is 2.37. The number of hydrogen-bond acceptors (Lipinski definition) is 5. The molecular formula is C15H18N4O2. The monoisotopic (exact) mass is 286 g/mol. The van der Waals surface area contributed by atoms with Gasteiger partial charge in [0.05, 0.1) is 5.56 Å². The standard InChI is InChI=1S/C15H18N4O2/c1-9(2)16-15-17-10(3)7-13(19-15)18-12-6-4-5-11(8-12)14(20)21/h4-9H,1-3H3,(H,20,21)(H2,16,17,18,19). The van der Waals surface area contributed by atoms with Crippen molar-refractivity contribution < 1.29 is 9.90 Å². The van der Waals surface area contributed by atoms with Crippen molar-refractivity contribution in [3.05, 3.63) is 41.6 Å². The van der Waals surface area contributed by atoms with Crippen molar-refractivity contribution >= 4 is 23.4 Å². The summed E-state index contributed by atoms with van der Waals surface area (Å²) in [5.41, 5.74) is 1.72. The van der Waals surface area contributed by atoms with Crippen LogP contribution < -0.4 is 10.6 Å². The van der Waals surface area contributed by atoms with Gasteiger partial charge in [-0.15, -0.1) is 0 Å². The van der Waals surface area contributed by atoms with Crippen molar-refractivity contribution in [3.8, 4) is 0 Å². The molecule has 0 aliphatic carbocycles. The topological polar surface area (TPSA) is 87.1 Å². The number of carbonyl (C=O) groups is 1. The number of nitrogens with one attached hydrogen (secondary N) is 2. The lowest BCUT2D eigenvalue weighted by Crippen LogP contribution is -2.13. The fourth-order valence-electron chi connectivity index (χ4n) is 1.83. The molecule has 0 amide bonds. The largest absolute Gasteiger partial charge is 0.478 e. The van der Waals surface area contributed by atoms with E-state index < -0.39 is 5.97 Å². The van der Waals surface area contributed by atoms with Crippen LogP contribution in [0, 0.1) is 6.92 Å². The molecule has 0 saturated carbocycles. The lowest BCUT2D eigenvalue weighted by atomic mass is 10.2. The number of anilines is 3. The molecular weight excluding hydrogens is 268 g/mol. The summed E-state index contributed by atoms with van der Waals surface area (Å²) in [4.78, 5) is 19.6. The first-order valence-electron chi connectivity index (χ1n) is 6.66. The Morgan fingerprint density at radius 2 is 2.00 bits per heavy atom. The molecule has 3 N–H and O–H groups in total. The van der Waals surface area contributed by atoms with E-state index >= 15 is 0 Å². The van der Waals surface area contributed by atoms with Gasteiger partial charge < -0.3 is 15.7 Å². The Labute approximate surface area is 123 Å². The van der Waals surface area contributed by atoms with Crippen molar-refractivity contribution in [3.63, 3.8) is 0 Å². The van der Waals surface area contributed by atoms with Gasteiger partial charge in [0.25, 0.3) is 0 Å². The molecule has 21 heavy (non-hydrogen) atoms. The average molecular weight is 286 g/mol. The second kappa shape index (κ2) is 6.21. The van der Waals surface area contributed by atoms with Crippen LogP contribution in [0.3, 0.4) is 0 Å². The molecule has 2 aromatic rings. The summed E-state index contributed by atoms with van der Waals surface area (Å²) in [5, 5.41) is 15.2. The van der Waals surface area contributed by atoms with E-state index in [2.05, 4.69) is 20.6 Å². The Hall–Kier alpha value is -2.63. The van der Waals surface area contributed by atoms with E-state index in [9.17, 15) is 4.79 Å². The molecule has 1 aromatic heterocycles. The summed E-state index contributed by atoms with van der Waals surface area (Å²) in [6.45, 7) is 5.90. The molecule has 2 rings (SSSR count). The van der Waals surface area contributed by atoms with Crippen LogP contribution in [-0.2, 0) is 0 Å². The highest BCUT2D eigenvalue weighted by atomic mass is 16.4.